The average Bonchev–Trinajstić information content (AvgIpc) is 3.45. The van der Waals surface area contributed by atoms with Crippen molar-refractivity contribution in [1.82, 2.24) is 14.2 Å². The van der Waals surface area contributed by atoms with Gasteiger partial charge < -0.3 is 8.98 Å². The van der Waals surface area contributed by atoms with Gasteiger partial charge in [-0.25, -0.2) is 4.98 Å². The molecule has 0 radical (unpaired) electrons. The minimum Gasteiger partial charge on any atom is -0.453 e. The van der Waals surface area contributed by atoms with Crippen LogP contribution in [0.5, 0.6) is 0 Å². The molecular weight excluding hydrogens is 484 g/mol. The number of benzene rings is 3. The van der Waals surface area contributed by atoms with E-state index in [2.05, 4.69) is 9.67 Å². The van der Waals surface area contributed by atoms with Gasteiger partial charge in [-0.2, -0.15) is 9.78 Å². The Bertz CT molecular complexity index is 1880. The fourth-order valence-corrected chi connectivity index (χ4v) is 4.90. The van der Waals surface area contributed by atoms with Crippen molar-refractivity contribution in [2.24, 2.45) is 5.10 Å². The van der Waals surface area contributed by atoms with Crippen molar-refractivity contribution in [3.05, 3.63) is 117 Å². The van der Waals surface area contributed by atoms with E-state index in [9.17, 15) is 4.79 Å². The molecule has 0 saturated heterocycles. The Hall–Kier alpha value is -4.42. The lowest BCUT2D eigenvalue weighted by molar-refractivity contribution is 0.616. The van der Waals surface area contributed by atoms with Crippen LogP contribution >= 0.6 is 11.6 Å². The Morgan fingerprint density at radius 2 is 1.73 bits per heavy atom. The Balaban J connectivity index is 1.52. The highest BCUT2D eigenvalue weighted by Gasteiger charge is 2.17. The van der Waals surface area contributed by atoms with Gasteiger partial charge in [0.1, 0.15) is 5.58 Å². The van der Waals surface area contributed by atoms with Gasteiger partial charge in [0.25, 0.3) is 5.56 Å². The topological polar surface area (TPSA) is 65.3 Å². The fraction of sp³-hybridized carbons (Fsp3) is 0.100. The number of furan rings is 1. The highest BCUT2D eigenvalue weighted by molar-refractivity contribution is 6.31. The molecule has 0 aliphatic rings. The van der Waals surface area contributed by atoms with Crippen molar-refractivity contribution in [2.45, 2.75) is 20.8 Å². The van der Waals surface area contributed by atoms with Crippen LogP contribution in [0.3, 0.4) is 0 Å². The van der Waals surface area contributed by atoms with Crippen LogP contribution in [0.15, 0.2) is 93.2 Å². The first-order valence-electron chi connectivity index (χ1n) is 11.9. The Morgan fingerprint density at radius 1 is 0.946 bits per heavy atom. The molecule has 6 aromatic rings. The molecule has 6 nitrogen and oxygen atoms in total. The molecule has 182 valence electrons. The number of para-hydroxylation sites is 2. The van der Waals surface area contributed by atoms with E-state index in [1.54, 1.807) is 12.3 Å². The van der Waals surface area contributed by atoms with Crippen molar-refractivity contribution >= 4 is 39.7 Å². The van der Waals surface area contributed by atoms with Gasteiger partial charge in [-0.1, -0.05) is 48.0 Å². The highest BCUT2D eigenvalue weighted by Crippen LogP contribution is 2.28. The van der Waals surface area contributed by atoms with E-state index in [1.807, 2.05) is 93.6 Å². The van der Waals surface area contributed by atoms with E-state index in [0.717, 1.165) is 39.2 Å². The first-order valence-corrected chi connectivity index (χ1v) is 12.3. The zero-order valence-corrected chi connectivity index (χ0v) is 21.3. The summed E-state index contributed by atoms with van der Waals surface area (Å²) in [4.78, 5) is 18.3. The van der Waals surface area contributed by atoms with Crippen molar-refractivity contribution < 1.29 is 4.42 Å². The third kappa shape index (κ3) is 3.86. The monoisotopic (exact) mass is 506 g/mol. The second kappa shape index (κ2) is 8.91. The van der Waals surface area contributed by atoms with Crippen molar-refractivity contribution in [1.29, 1.82) is 0 Å². The summed E-state index contributed by atoms with van der Waals surface area (Å²) in [5.74, 6) is 0.817. The molecule has 0 fully saturated rings. The molecule has 3 heterocycles. The summed E-state index contributed by atoms with van der Waals surface area (Å²) in [7, 11) is 0. The summed E-state index contributed by atoms with van der Waals surface area (Å²) in [6.45, 7) is 6.06. The van der Waals surface area contributed by atoms with Gasteiger partial charge in [0.05, 0.1) is 17.1 Å². The normalized spacial score (nSPS) is 11.8. The number of aromatic nitrogens is 3. The summed E-state index contributed by atoms with van der Waals surface area (Å²) in [6, 6.07) is 24.7. The number of hydrogen-bond donors (Lipinski definition) is 0. The second-order valence-electron chi connectivity index (χ2n) is 9.01. The maximum Gasteiger partial charge on any atom is 0.282 e. The number of rotatable bonds is 4. The number of hydrogen-bond acceptors (Lipinski definition) is 4. The van der Waals surface area contributed by atoms with Crippen molar-refractivity contribution in [3.63, 3.8) is 0 Å². The van der Waals surface area contributed by atoms with Crippen LogP contribution in [0, 0.1) is 20.8 Å². The number of fused-ring (bicyclic) bond motifs is 2. The van der Waals surface area contributed by atoms with Gasteiger partial charge >= 0.3 is 0 Å². The van der Waals surface area contributed by atoms with Gasteiger partial charge in [0.15, 0.2) is 5.76 Å². The van der Waals surface area contributed by atoms with Crippen LogP contribution in [-0.4, -0.2) is 20.4 Å². The lowest BCUT2D eigenvalue weighted by atomic mass is 10.2. The molecule has 0 N–H and O–H groups in total. The Labute approximate surface area is 218 Å². The third-order valence-corrected chi connectivity index (χ3v) is 7.07. The molecule has 7 heteroatoms. The van der Waals surface area contributed by atoms with Gasteiger partial charge in [-0.15, -0.1) is 0 Å². The van der Waals surface area contributed by atoms with Gasteiger partial charge in [0.2, 0.25) is 5.82 Å². The van der Waals surface area contributed by atoms with E-state index < -0.39 is 0 Å². The van der Waals surface area contributed by atoms with E-state index in [-0.39, 0.29) is 5.56 Å². The summed E-state index contributed by atoms with van der Waals surface area (Å²) < 4.78 is 9.53. The lowest BCUT2D eigenvalue weighted by Crippen LogP contribution is -2.20. The zero-order valence-electron chi connectivity index (χ0n) is 20.6. The van der Waals surface area contributed by atoms with Crippen LogP contribution in [0.4, 0.5) is 0 Å². The molecule has 0 aliphatic carbocycles. The zero-order chi connectivity index (χ0) is 25.7. The van der Waals surface area contributed by atoms with Crippen LogP contribution < -0.4 is 5.56 Å². The molecular formula is C30H23ClN4O2. The maximum atomic E-state index is 13.6. The molecule has 37 heavy (non-hydrogen) atoms. The Kier molecular flexibility index (Phi) is 5.54. The first kappa shape index (κ1) is 23.0. The highest BCUT2D eigenvalue weighted by atomic mass is 35.5. The van der Waals surface area contributed by atoms with Crippen molar-refractivity contribution in [3.8, 4) is 17.3 Å². The van der Waals surface area contributed by atoms with Gasteiger partial charge in [-0.3, -0.25) is 4.79 Å². The predicted molar refractivity (Wildman–Crippen MR) is 149 cm³/mol. The van der Waals surface area contributed by atoms with Crippen molar-refractivity contribution in [2.75, 3.05) is 0 Å². The quantitative estimate of drug-likeness (QED) is 0.240. The summed E-state index contributed by atoms with van der Waals surface area (Å²) >= 11 is 6.39. The van der Waals surface area contributed by atoms with Gasteiger partial charge in [-0.05, 0) is 68.8 Å². The summed E-state index contributed by atoms with van der Waals surface area (Å²) in [6.07, 6.45) is 1.70. The fourth-order valence-electron chi connectivity index (χ4n) is 4.73. The molecule has 0 unspecified atom stereocenters. The molecule has 0 spiro atoms. The first-order chi connectivity index (χ1) is 17.9. The van der Waals surface area contributed by atoms with E-state index in [4.69, 9.17) is 21.0 Å². The molecule has 3 aromatic heterocycles. The smallest absolute Gasteiger partial charge is 0.282 e. The average molecular weight is 507 g/mol. The van der Waals surface area contributed by atoms with Crippen LogP contribution in [0.25, 0.3) is 39.1 Å². The summed E-state index contributed by atoms with van der Waals surface area (Å²) in [5, 5.41) is 6.76. The van der Waals surface area contributed by atoms with E-state index in [1.165, 1.54) is 4.68 Å². The molecule has 3 aromatic carbocycles. The molecule has 0 atom stereocenters. The third-order valence-electron chi connectivity index (χ3n) is 6.66. The second-order valence-corrected chi connectivity index (χ2v) is 9.42. The molecule has 0 saturated carbocycles. The molecule has 0 aliphatic heterocycles. The van der Waals surface area contributed by atoms with Crippen LogP contribution in [-0.2, 0) is 0 Å². The largest absolute Gasteiger partial charge is 0.453 e. The molecule has 0 bridgehead atoms. The predicted octanol–water partition coefficient (Wildman–Crippen LogP) is 7.06. The number of aryl methyl sites for hydroxylation is 1. The number of halogens is 1. The number of nitrogens with zero attached hydrogens (tertiary/aromatic N) is 4. The SMILES string of the molecule is Cc1c(Cl)cccc1-n1c(C)cc(C=Nn2c(-c3cc4ccccc4o3)nc3ccccc3c2=O)c1C. The standard InChI is InChI=1S/C30H23ClN4O2/c1-18-15-22(20(3)34(18)26-13-8-11-24(31)19(26)2)17-32-35-29(28-16-21-9-4-7-14-27(21)37-28)33-25-12-6-5-10-23(25)30(35)36/h4-17H,1-3H3. The van der Waals surface area contributed by atoms with Gasteiger partial charge in [0, 0.05) is 33.0 Å². The van der Waals surface area contributed by atoms with E-state index in [0.29, 0.717) is 27.5 Å². The molecule has 0 amide bonds. The summed E-state index contributed by atoms with van der Waals surface area (Å²) in [5.41, 5.74) is 5.94. The van der Waals surface area contributed by atoms with Crippen LogP contribution in [0.1, 0.15) is 22.5 Å². The lowest BCUT2D eigenvalue weighted by Gasteiger charge is -2.13. The van der Waals surface area contributed by atoms with Crippen LogP contribution in [0.2, 0.25) is 5.02 Å². The molecule has 6 rings (SSSR count). The minimum absolute atomic E-state index is 0.267. The maximum absolute atomic E-state index is 13.6. The van der Waals surface area contributed by atoms with E-state index >= 15 is 0 Å². The Morgan fingerprint density at radius 3 is 2.57 bits per heavy atom. The minimum atomic E-state index is -0.267.